The van der Waals surface area contributed by atoms with Crippen molar-refractivity contribution >= 4 is 53.2 Å². The fraction of sp³-hybridized carbons (Fsp3) is 0.304. The molecule has 0 aliphatic heterocycles. The van der Waals surface area contributed by atoms with E-state index in [9.17, 15) is 0 Å². The van der Waals surface area contributed by atoms with Crippen LogP contribution in [0.3, 0.4) is 0 Å². The topological polar surface area (TPSA) is 0 Å². The molecule has 6 aromatic carbocycles. The molecule has 0 heterocycles. The number of benzene rings is 4. The quantitative estimate of drug-likeness (QED) is 0.123. The van der Waals surface area contributed by atoms with Gasteiger partial charge in [0.2, 0.25) is 0 Å². The van der Waals surface area contributed by atoms with Gasteiger partial charge in [0.05, 0.1) is 0 Å². The second kappa shape index (κ2) is 20.7. The zero-order valence-corrected chi connectivity index (χ0v) is 36.5. The minimum absolute atomic E-state index is 0. The molecule has 2 radical (unpaired) electrons. The molecule has 1 aliphatic carbocycles. The summed E-state index contributed by atoms with van der Waals surface area (Å²) < 4.78 is 0. The van der Waals surface area contributed by atoms with Crippen LogP contribution in [0, 0.1) is 21.8 Å². The van der Waals surface area contributed by atoms with E-state index in [2.05, 4.69) is 158 Å². The van der Waals surface area contributed by atoms with E-state index in [1.54, 1.807) is 5.56 Å². The molecule has 1 fully saturated rings. The van der Waals surface area contributed by atoms with Crippen molar-refractivity contribution in [3.05, 3.63) is 146 Å². The summed E-state index contributed by atoms with van der Waals surface area (Å²) in [5.74, 6) is 1.37. The molecule has 50 heavy (non-hydrogen) atoms. The summed E-state index contributed by atoms with van der Waals surface area (Å²) in [5, 5.41) is 5.52. The van der Waals surface area contributed by atoms with Crippen LogP contribution >= 0.6 is 24.8 Å². The summed E-state index contributed by atoms with van der Waals surface area (Å²) in [5.41, 5.74) is 11.3. The molecule has 1 aliphatic rings. The van der Waals surface area contributed by atoms with E-state index in [0.717, 1.165) is 5.92 Å². The first-order valence-corrected chi connectivity index (χ1v) is 21.2. The van der Waals surface area contributed by atoms with Crippen molar-refractivity contribution in [2.24, 2.45) is 0 Å². The van der Waals surface area contributed by atoms with Gasteiger partial charge >= 0.3 is 30.2 Å². The van der Waals surface area contributed by atoms with Gasteiger partial charge in [0.1, 0.15) is 0 Å². The Labute approximate surface area is 333 Å². The molecule has 0 aromatic heterocycles. The Hall–Kier alpha value is -2.22. The van der Waals surface area contributed by atoms with Crippen molar-refractivity contribution in [3.8, 4) is 22.3 Å². The van der Waals surface area contributed by atoms with E-state index in [1.807, 2.05) is 0 Å². The molecule has 7 rings (SSSR count). The Morgan fingerprint density at radius 2 is 1.14 bits per heavy atom. The monoisotopic (exact) mass is 796 g/mol. The van der Waals surface area contributed by atoms with E-state index in [0.29, 0.717) is 5.92 Å². The average Bonchev–Trinajstić information content (AvgIpc) is 3.69. The van der Waals surface area contributed by atoms with Crippen molar-refractivity contribution in [2.75, 3.05) is 0 Å². The normalized spacial score (nSPS) is 12.6. The van der Waals surface area contributed by atoms with Gasteiger partial charge in [-0.05, 0) is 52.3 Å². The summed E-state index contributed by atoms with van der Waals surface area (Å²) >= 11 is 1.36. The Morgan fingerprint density at radius 3 is 1.64 bits per heavy atom. The van der Waals surface area contributed by atoms with E-state index < -0.39 is 0 Å². The van der Waals surface area contributed by atoms with Crippen LogP contribution in [-0.2, 0) is 28.8 Å². The summed E-state index contributed by atoms with van der Waals surface area (Å²) in [7, 11) is 0. The summed E-state index contributed by atoms with van der Waals surface area (Å²) in [4.78, 5) is 0. The molecule has 1 saturated carbocycles. The first-order chi connectivity index (χ1) is 22.2. The van der Waals surface area contributed by atoms with Gasteiger partial charge in [0.25, 0.3) is 0 Å². The Balaban J connectivity index is 0.000000448. The predicted octanol–water partition coefficient (Wildman–Crippen LogP) is 14.6. The van der Waals surface area contributed by atoms with Gasteiger partial charge in [-0.1, -0.05) is 133 Å². The van der Waals surface area contributed by atoms with E-state index in [4.69, 9.17) is 0 Å². The molecule has 0 atom stereocenters. The van der Waals surface area contributed by atoms with Crippen molar-refractivity contribution in [1.82, 2.24) is 0 Å². The molecule has 6 aromatic rings. The van der Waals surface area contributed by atoms with Gasteiger partial charge in [0, 0.05) is 0 Å². The van der Waals surface area contributed by atoms with Crippen molar-refractivity contribution in [2.45, 2.75) is 90.9 Å². The summed E-state index contributed by atoms with van der Waals surface area (Å²) in [6, 6.07) is 40.9. The van der Waals surface area contributed by atoms with Crippen LogP contribution in [0.1, 0.15) is 101 Å². The van der Waals surface area contributed by atoms with E-state index in [-0.39, 0.29) is 45.1 Å². The molecule has 0 unspecified atom stereocenters. The molecular weight excluding hydrogens is 743 g/mol. The van der Waals surface area contributed by atoms with Gasteiger partial charge < -0.3 is 14.9 Å². The molecule has 0 spiro atoms. The number of aryl methyl sites for hydroxylation is 1. The number of hydrogen-bond donors (Lipinski definition) is 0. The van der Waals surface area contributed by atoms with Crippen LogP contribution in [0.4, 0.5) is 0 Å². The van der Waals surface area contributed by atoms with Crippen molar-refractivity contribution in [1.29, 1.82) is 0 Å². The number of fused-ring (bicyclic) bond motifs is 2. The number of rotatable bonds is 4. The van der Waals surface area contributed by atoms with Crippen molar-refractivity contribution in [3.63, 3.8) is 0 Å². The second-order valence-electron chi connectivity index (χ2n) is 14.4. The third-order valence-electron chi connectivity index (χ3n) is 9.69. The van der Waals surface area contributed by atoms with Gasteiger partial charge in [-0.25, -0.2) is 0 Å². The van der Waals surface area contributed by atoms with Gasteiger partial charge in [-0.3, -0.25) is 0 Å². The summed E-state index contributed by atoms with van der Waals surface area (Å²) in [6.45, 7) is 16.5. The van der Waals surface area contributed by atoms with Crippen molar-refractivity contribution < 1.29 is 23.3 Å². The maximum atomic E-state index is 3.06. The third kappa shape index (κ3) is 10.9. The molecule has 0 amide bonds. The number of hydrogen-bond acceptors (Lipinski definition) is 0. The molecule has 0 nitrogen and oxygen atoms in total. The number of halogens is 2. The van der Waals surface area contributed by atoms with Crippen LogP contribution in [-0.4, -0.2) is 6.88 Å². The fourth-order valence-corrected chi connectivity index (χ4v) is 7.01. The van der Waals surface area contributed by atoms with Gasteiger partial charge in [-0.15, -0.1) is 93.9 Å². The minimum atomic E-state index is 0. The standard InChI is InChI=1S/C24H27.C20H21.2CH3.2ClH.Si.Zr/c1-17(2)18-11-13-20(14-12-18)23-10-6-9-21-15-22(16-24(21)23)19-7-4-3-5-8-19;1-14-12-16-6-5-7-18(19(16)13-14)15-8-10-17(11-9-15)20(2,3)4;;;;;;/h6,9-17,19H,3-5,7-8H2,1-2H3;5-13H,1-4H3;2*1H3;2*1H;;/q4*-1;;;;. The van der Waals surface area contributed by atoms with E-state index in [1.165, 1.54) is 116 Å². The average molecular weight is 799 g/mol. The third-order valence-corrected chi connectivity index (χ3v) is 9.69. The first-order valence-electron chi connectivity index (χ1n) is 17.0. The molecule has 266 valence electrons. The Morgan fingerprint density at radius 1 is 0.660 bits per heavy atom. The first kappa shape index (κ1) is 45.8. The van der Waals surface area contributed by atoms with Crippen LogP contribution in [0.5, 0.6) is 0 Å². The Bertz CT molecular complexity index is 1860. The zero-order chi connectivity index (χ0) is 32.8. The molecule has 0 saturated heterocycles. The molecule has 0 N–H and O–H groups in total. The summed E-state index contributed by atoms with van der Waals surface area (Å²) in [6.07, 6.45) is 6.96. The molecular formula is C46H56Cl2SiZr-4. The fourth-order valence-electron chi connectivity index (χ4n) is 7.01. The SMILES string of the molecule is CC(C)c1ccc(-c2cccc3[cH-]c(C4CCCCC4)cc23)cc1.Cc1cc2c(-c3ccc(C(C)(C)C)cc3)cccc2[cH-]1.Cl.Cl.[CH3-].[CH3-].[Si]=[Zr]. The van der Waals surface area contributed by atoms with E-state index >= 15 is 0 Å². The van der Waals surface area contributed by atoms with Crippen LogP contribution in [0.25, 0.3) is 43.8 Å². The van der Waals surface area contributed by atoms with Crippen LogP contribution < -0.4 is 0 Å². The Kier molecular flexibility index (Phi) is 19.0. The molecule has 0 bridgehead atoms. The van der Waals surface area contributed by atoms with Crippen LogP contribution in [0.2, 0.25) is 0 Å². The van der Waals surface area contributed by atoms with Crippen LogP contribution in [0.15, 0.2) is 109 Å². The predicted molar refractivity (Wildman–Crippen MR) is 226 cm³/mol. The molecule has 4 heteroatoms. The van der Waals surface area contributed by atoms with Gasteiger partial charge in [-0.2, -0.15) is 12.1 Å². The maximum absolute atomic E-state index is 3.06. The second-order valence-corrected chi connectivity index (χ2v) is 14.4. The van der Waals surface area contributed by atoms with Gasteiger partial charge in [0.15, 0.2) is 0 Å². The zero-order valence-electron chi connectivity index (χ0n) is 31.4.